The first-order valence-electron chi connectivity index (χ1n) is 5.82. The third kappa shape index (κ3) is 2.09. The molecular weight excluding hydrogens is 214 g/mol. The fourth-order valence-electron chi connectivity index (χ4n) is 2.39. The standard InChI is InChI=1S/C14H19NO2/c1-10-5-6-11(2)15(10)12-7-8-13(16-3)14(9-12)17-4/h5-6,8-9,12H,7H2,1-4H3. The lowest BCUT2D eigenvalue weighted by molar-refractivity contribution is 0.212. The number of nitrogens with zero attached hydrogens (tertiary/aromatic N) is 1. The van der Waals surface area contributed by atoms with E-state index in [1.807, 2.05) is 0 Å². The van der Waals surface area contributed by atoms with E-state index in [0.717, 1.165) is 17.9 Å². The second kappa shape index (κ2) is 4.70. The van der Waals surface area contributed by atoms with Crippen molar-refractivity contribution in [1.29, 1.82) is 0 Å². The molecule has 0 bridgehead atoms. The van der Waals surface area contributed by atoms with Gasteiger partial charge in [-0.2, -0.15) is 0 Å². The van der Waals surface area contributed by atoms with Gasteiger partial charge in [-0.25, -0.2) is 0 Å². The summed E-state index contributed by atoms with van der Waals surface area (Å²) in [5.41, 5.74) is 2.54. The van der Waals surface area contributed by atoms with Gasteiger partial charge in [0.1, 0.15) is 0 Å². The average molecular weight is 233 g/mol. The van der Waals surface area contributed by atoms with Crippen LogP contribution in [0.2, 0.25) is 0 Å². The number of rotatable bonds is 3. The number of methoxy groups -OCH3 is 2. The summed E-state index contributed by atoms with van der Waals surface area (Å²) in [5, 5.41) is 0. The van der Waals surface area contributed by atoms with Crippen LogP contribution in [-0.4, -0.2) is 18.8 Å². The maximum absolute atomic E-state index is 5.36. The van der Waals surface area contributed by atoms with Gasteiger partial charge >= 0.3 is 0 Å². The van der Waals surface area contributed by atoms with Gasteiger partial charge in [0.15, 0.2) is 11.5 Å². The molecule has 1 heterocycles. The van der Waals surface area contributed by atoms with Gasteiger partial charge in [-0.1, -0.05) is 0 Å². The number of hydrogen-bond donors (Lipinski definition) is 0. The van der Waals surface area contributed by atoms with Crippen molar-refractivity contribution in [1.82, 2.24) is 4.57 Å². The van der Waals surface area contributed by atoms with Crippen LogP contribution in [0.4, 0.5) is 0 Å². The molecule has 1 unspecified atom stereocenters. The molecule has 0 saturated carbocycles. The molecule has 0 aliphatic heterocycles. The highest BCUT2D eigenvalue weighted by Gasteiger charge is 2.19. The molecule has 1 aromatic rings. The van der Waals surface area contributed by atoms with E-state index in [1.165, 1.54) is 11.4 Å². The quantitative estimate of drug-likeness (QED) is 0.800. The smallest absolute Gasteiger partial charge is 0.158 e. The largest absolute Gasteiger partial charge is 0.493 e. The first-order chi connectivity index (χ1) is 8.17. The van der Waals surface area contributed by atoms with Crippen molar-refractivity contribution in [2.75, 3.05) is 14.2 Å². The molecule has 3 heteroatoms. The Hall–Kier alpha value is -1.64. The number of hydrogen-bond acceptors (Lipinski definition) is 2. The molecule has 3 nitrogen and oxygen atoms in total. The van der Waals surface area contributed by atoms with Gasteiger partial charge in [-0.15, -0.1) is 0 Å². The molecule has 0 saturated heterocycles. The van der Waals surface area contributed by atoms with Gasteiger partial charge in [0.25, 0.3) is 0 Å². The Balaban J connectivity index is 2.33. The molecule has 17 heavy (non-hydrogen) atoms. The Morgan fingerprint density at radius 1 is 1.06 bits per heavy atom. The van der Waals surface area contributed by atoms with E-state index in [-0.39, 0.29) is 0 Å². The summed E-state index contributed by atoms with van der Waals surface area (Å²) in [6.07, 6.45) is 5.15. The molecule has 1 aliphatic rings. The molecule has 1 atom stereocenters. The van der Waals surface area contributed by atoms with Crippen molar-refractivity contribution in [2.24, 2.45) is 0 Å². The maximum atomic E-state index is 5.36. The van der Waals surface area contributed by atoms with Crippen molar-refractivity contribution in [2.45, 2.75) is 26.3 Å². The summed E-state index contributed by atoms with van der Waals surface area (Å²) in [7, 11) is 3.35. The van der Waals surface area contributed by atoms with Gasteiger partial charge < -0.3 is 14.0 Å². The zero-order valence-corrected chi connectivity index (χ0v) is 10.9. The van der Waals surface area contributed by atoms with E-state index in [1.54, 1.807) is 14.2 Å². The van der Waals surface area contributed by atoms with Crippen LogP contribution in [0.25, 0.3) is 0 Å². The minimum Gasteiger partial charge on any atom is -0.493 e. The van der Waals surface area contributed by atoms with Crippen molar-refractivity contribution in [3.8, 4) is 0 Å². The van der Waals surface area contributed by atoms with Crippen LogP contribution < -0.4 is 0 Å². The lowest BCUT2D eigenvalue weighted by atomic mass is 10.1. The molecule has 1 aromatic heterocycles. The highest BCUT2D eigenvalue weighted by atomic mass is 16.5. The Labute approximate surface area is 102 Å². The molecule has 92 valence electrons. The van der Waals surface area contributed by atoms with Crippen LogP contribution >= 0.6 is 0 Å². The van der Waals surface area contributed by atoms with Gasteiger partial charge in [-0.3, -0.25) is 0 Å². The highest BCUT2D eigenvalue weighted by molar-refractivity contribution is 5.28. The molecule has 2 rings (SSSR count). The Bertz CT molecular complexity index is 449. The minimum atomic E-state index is 0.318. The predicted molar refractivity (Wildman–Crippen MR) is 67.7 cm³/mol. The molecule has 0 fully saturated rings. The van der Waals surface area contributed by atoms with Crippen LogP contribution in [-0.2, 0) is 9.47 Å². The topological polar surface area (TPSA) is 23.4 Å². The van der Waals surface area contributed by atoms with Gasteiger partial charge in [0.05, 0.1) is 20.3 Å². The predicted octanol–water partition coefficient (Wildman–Crippen LogP) is 3.11. The van der Waals surface area contributed by atoms with E-state index in [4.69, 9.17) is 9.47 Å². The molecule has 0 radical (unpaired) electrons. The number of ether oxygens (including phenoxy) is 2. The normalized spacial score (nSPS) is 19.6. The SMILES string of the molecule is COC1=CCC(n2c(C)ccc2C)C=C1OC. The molecule has 0 spiro atoms. The van der Waals surface area contributed by atoms with Crippen LogP contribution in [0.3, 0.4) is 0 Å². The fourth-order valence-corrected chi connectivity index (χ4v) is 2.39. The van der Waals surface area contributed by atoms with E-state index in [0.29, 0.717) is 6.04 Å². The second-order valence-corrected chi connectivity index (χ2v) is 4.30. The van der Waals surface area contributed by atoms with Crippen molar-refractivity contribution >= 4 is 0 Å². The zero-order valence-electron chi connectivity index (χ0n) is 10.9. The third-order valence-electron chi connectivity index (χ3n) is 3.23. The van der Waals surface area contributed by atoms with Gasteiger partial charge in [0, 0.05) is 11.4 Å². The van der Waals surface area contributed by atoms with Crippen LogP contribution in [0.1, 0.15) is 23.9 Å². The van der Waals surface area contributed by atoms with Crippen molar-refractivity contribution in [3.05, 3.63) is 47.2 Å². The number of aromatic nitrogens is 1. The summed E-state index contributed by atoms with van der Waals surface area (Å²) in [4.78, 5) is 0. The first-order valence-corrected chi connectivity index (χ1v) is 5.82. The lowest BCUT2D eigenvalue weighted by Gasteiger charge is -2.24. The van der Waals surface area contributed by atoms with Gasteiger partial charge in [0.2, 0.25) is 0 Å². The summed E-state index contributed by atoms with van der Waals surface area (Å²) in [6, 6.07) is 4.61. The number of allylic oxidation sites excluding steroid dienone is 2. The van der Waals surface area contributed by atoms with Crippen LogP contribution in [0, 0.1) is 13.8 Å². The second-order valence-electron chi connectivity index (χ2n) is 4.30. The van der Waals surface area contributed by atoms with Gasteiger partial charge in [-0.05, 0) is 44.6 Å². The minimum absolute atomic E-state index is 0.318. The summed E-state index contributed by atoms with van der Waals surface area (Å²) in [6.45, 7) is 4.26. The van der Waals surface area contributed by atoms with E-state index in [9.17, 15) is 0 Å². The lowest BCUT2D eigenvalue weighted by Crippen LogP contribution is -2.14. The van der Waals surface area contributed by atoms with Crippen molar-refractivity contribution in [3.63, 3.8) is 0 Å². The Morgan fingerprint density at radius 2 is 1.65 bits per heavy atom. The van der Waals surface area contributed by atoms with E-state index >= 15 is 0 Å². The Kier molecular flexibility index (Phi) is 3.27. The van der Waals surface area contributed by atoms with E-state index in [2.05, 4.69) is 42.7 Å². The van der Waals surface area contributed by atoms with E-state index < -0.39 is 0 Å². The fraction of sp³-hybridized carbons (Fsp3) is 0.429. The van der Waals surface area contributed by atoms with Crippen molar-refractivity contribution < 1.29 is 9.47 Å². The average Bonchev–Trinajstić information content (AvgIpc) is 2.68. The summed E-state index contributed by atoms with van der Waals surface area (Å²) in [5.74, 6) is 1.64. The Morgan fingerprint density at radius 3 is 2.18 bits per heavy atom. The summed E-state index contributed by atoms with van der Waals surface area (Å²) < 4.78 is 13.0. The first kappa shape index (κ1) is 11.8. The molecule has 1 aliphatic carbocycles. The van der Waals surface area contributed by atoms with Crippen LogP contribution in [0.5, 0.6) is 0 Å². The molecule has 0 amide bonds. The number of aryl methyl sites for hydroxylation is 2. The van der Waals surface area contributed by atoms with Crippen LogP contribution in [0.15, 0.2) is 35.8 Å². The monoisotopic (exact) mass is 233 g/mol. The molecule has 0 N–H and O–H groups in total. The molecular formula is C14H19NO2. The maximum Gasteiger partial charge on any atom is 0.158 e. The third-order valence-corrected chi connectivity index (χ3v) is 3.23. The molecule has 0 aromatic carbocycles. The zero-order chi connectivity index (χ0) is 12.4. The highest BCUT2D eigenvalue weighted by Crippen LogP contribution is 2.29. The summed E-state index contributed by atoms with van der Waals surface area (Å²) >= 11 is 0.